The molecule has 0 spiro atoms. The van der Waals surface area contributed by atoms with Crippen molar-refractivity contribution in [3.8, 4) is 10.8 Å². The van der Waals surface area contributed by atoms with Crippen molar-refractivity contribution in [2.24, 2.45) is 4.99 Å². The Labute approximate surface area is 151 Å². The summed E-state index contributed by atoms with van der Waals surface area (Å²) in [6.45, 7) is 3.47. The van der Waals surface area contributed by atoms with Crippen LogP contribution in [0.25, 0.3) is 10.8 Å². The van der Waals surface area contributed by atoms with Gasteiger partial charge in [0.1, 0.15) is 6.26 Å². The monoisotopic (exact) mass is 354 g/mol. The van der Waals surface area contributed by atoms with Crippen molar-refractivity contribution in [1.29, 1.82) is 0 Å². The van der Waals surface area contributed by atoms with Gasteiger partial charge in [-0.3, -0.25) is 4.99 Å². The molecular weight excluding hydrogens is 332 g/mol. The highest BCUT2D eigenvalue weighted by molar-refractivity contribution is 7.13. The number of thiophene rings is 1. The minimum atomic E-state index is 0.559. The maximum atomic E-state index is 5.53. The lowest BCUT2D eigenvalue weighted by Crippen LogP contribution is -2.36. The molecule has 5 nitrogen and oxygen atoms in total. The van der Waals surface area contributed by atoms with Gasteiger partial charge >= 0.3 is 0 Å². The molecule has 6 heteroatoms. The Bertz CT molecular complexity index is 824. The Morgan fingerprint density at radius 3 is 2.64 bits per heavy atom. The number of rotatable bonds is 6. The fourth-order valence-electron chi connectivity index (χ4n) is 2.55. The van der Waals surface area contributed by atoms with E-state index in [2.05, 4.69) is 51.8 Å². The molecule has 0 unspecified atom stereocenters. The van der Waals surface area contributed by atoms with Crippen molar-refractivity contribution >= 4 is 17.3 Å². The predicted molar refractivity (Wildman–Crippen MR) is 103 cm³/mol. The second-order valence-corrected chi connectivity index (χ2v) is 6.47. The van der Waals surface area contributed by atoms with Gasteiger partial charge in [-0.1, -0.05) is 37.3 Å². The Hall–Kier alpha value is -2.60. The number of hydrogen-bond acceptors (Lipinski definition) is 4. The largest absolute Gasteiger partial charge is 0.443 e. The molecule has 0 aliphatic heterocycles. The van der Waals surface area contributed by atoms with Crippen LogP contribution in [0.5, 0.6) is 0 Å². The van der Waals surface area contributed by atoms with Gasteiger partial charge in [0.15, 0.2) is 5.96 Å². The molecule has 1 aromatic carbocycles. The van der Waals surface area contributed by atoms with Gasteiger partial charge in [-0.05, 0) is 29.0 Å². The smallest absolute Gasteiger partial charge is 0.236 e. The van der Waals surface area contributed by atoms with Gasteiger partial charge in [-0.2, -0.15) is 0 Å². The van der Waals surface area contributed by atoms with E-state index >= 15 is 0 Å². The van der Waals surface area contributed by atoms with Crippen LogP contribution in [0, 0.1) is 0 Å². The first-order valence-electron chi connectivity index (χ1n) is 8.29. The average molecular weight is 354 g/mol. The Kier molecular flexibility index (Phi) is 5.85. The molecule has 0 saturated heterocycles. The molecule has 3 rings (SSSR count). The quantitative estimate of drug-likeness (QED) is 0.522. The van der Waals surface area contributed by atoms with Crippen LogP contribution in [0.2, 0.25) is 0 Å². The number of aromatic nitrogens is 1. The van der Waals surface area contributed by atoms with E-state index in [0.29, 0.717) is 12.4 Å². The van der Waals surface area contributed by atoms with E-state index in [1.807, 2.05) is 17.5 Å². The lowest BCUT2D eigenvalue weighted by Gasteiger charge is -2.13. The van der Waals surface area contributed by atoms with E-state index in [9.17, 15) is 0 Å². The number of oxazole rings is 1. The zero-order chi connectivity index (χ0) is 17.5. The van der Waals surface area contributed by atoms with E-state index in [0.717, 1.165) is 29.5 Å². The third-order valence-electron chi connectivity index (χ3n) is 3.89. The van der Waals surface area contributed by atoms with Gasteiger partial charge in [-0.15, -0.1) is 11.3 Å². The molecule has 0 aliphatic carbocycles. The molecule has 25 heavy (non-hydrogen) atoms. The lowest BCUT2D eigenvalue weighted by molar-refractivity contribution is 0.573. The first-order chi connectivity index (χ1) is 12.3. The van der Waals surface area contributed by atoms with E-state index in [1.165, 1.54) is 11.1 Å². The van der Waals surface area contributed by atoms with Gasteiger partial charge in [0.25, 0.3) is 0 Å². The van der Waals surface area contributed by atoms with Crippen LogP contribution in [0.3, 0.4) is 0 Å². The number of guanidine groups is 1. The van der Waals surface area contributed by atoms with Crippen molar-refractivity contribution in [3.63, 3.8) is 0 Å². The van der Waals surface area contributed by atoms with Gasteiger partial charge in [0, 0.05) is 13.6 Å². The van der Waals surface area contributed by atoms with E-state index in [1.54, 1.807) is 24.6 Å². The van der Waals surface area contributed by atoms with Gasteiger partial charge in [0.2, 0.25) is 5.89 Å². The lowest BCUT2D eigenvalue weighted by atomic mass is 10.1. The molecule has 0 radical (unpaired) electrons. The Morgan fingerprint density at radius 2 is 1.92 bits per heavy atom. The van der Waals surface area contributed by atoms with E-state index < -0.39 is 0 Å². The van der Waals surface area contributed by atoms with Crippen LogP contribution in [-0.2, 0) is 19.5 Å². The summed E-state index contributed by atoms with van der Waals surface area (Å²) >= 11 is 1.61. The fraction of sp³-hybridized carbons (Fsp3) is 0.263. The molecule has 2 aromatic heterocycles. The average Bonchev–Trinajstić information content (AvgIpc) is 3.33. The molecular formula is C19H22N4OS. The van der Waals surface area contributed by atoms with Gasteiger partial charge in [0.05, 0.1) is 17.1 Å². The van der Waals surface area contributed by atoms with E-state index in [-0.39, 0.29) is 0 Å². The number of aliphatic imine (C=N–C) groups is 1. The summed E-state index contributed by atoms with van der Waals surface area (Å²) in [7, 11) is 1.76. The third-order valence-corrected chi connectivity index (χ3v) is 4.75. The summed E-state index contributed by atoms with van der Waals surface area (Å²) in [5.74, 6) is 1.40. The topological polar surface area (TPSA) is 62.5 Å². The normalized spacial score (nSPS) is 11.5. The van der Waals surface area contributed by atoms with Crippen LogP contribution in [0.15, 0.2) is 57.5 Å². The third kappa shape index (κ3) is 4.48. The number of hydrogen-bond donors (Lipinski definition) is 2. The van der Waals surface area contributed by atoms with Crippen LogP contribution in [0.1, 0.15) is 23.7 Å². The fourth-order valence-corrected chi connectivity index (χ4v) is 3.21. The maximum Gasteiger partial charge on any atom is 0.236 e. The molecule has 0 atom stereocenters. The highest BCUT2D eigenvalue weighted by Gasteiger charge is 2.08. The van der Waals surface area contributed by atoms with Crippen LogP contribution < -0.4 is 10.6 Å². The van der Waals surface area contributed by atoms with Crippen molar-refractivity contribution in [2.75, 3.05) is 7.05 Å². The first-order valence-corrected chi connectivity index (χ1v) is 9.17. The molecule has 0 fully saturated rings. The highest BCUT2D eigenvalue weighted by atomic mass is 32.1. The van der Waals surface area contributed by atoms with Crippen LogP contribution in [0.4, 0.5) is 0 Å². The maximum absolute atomic E-state index is 5.53. The summed E-state index contributed by atoms with van der Waals surface area (Å²) < 4.78 is 5.53. The SMILES string of the molecule is CCc1ccccc1CNC(=NC)NCc1coc(-c2cccs2)n1. The van der Waals surface area contributed by atoms with Crippen molar-refractivity contribution in [2.45, 2.75) is 26.4 Å². The summed E-state index contributed by atoms with van der Waals surface area (Å²) in [5.41, 5.74) is 3.48. The molecule has 0 aliphatic rings. The molecule has 0 amide bonds. The van der Waals surface area contributed by atoms with Gasteiger partial charge < -0.3 is 15.1 Å². The molecule has 0 saturated carbocycles. The zero-order valence-electron chi connectivity index (χ0n) is 14.5. The van der Waals surface area contributed by atoms with Crippen molar-refractivity contribution in [3.05, 3.63) is 64.9 Å². The summed E-state index contributed by atoms with van der Waals surface area (Å²) in [5, 5.41) is 8.63. The summed E-state index contributed by atoms with van der Waals surface area (Å²) in [6, 6.07) is 12.4. The molecule has 2 N–H and O–H groups in total. The first kappa shape index (κ1) is 17.2. The Balaban J connectivity index is 1.54. The molecule has 130 valence electrons. The summed E-state index contributed by atoms with van der Waals surface area (Å²) in [6.07, 6.45) is 2.70. The number of nitrogens with zero attached hydrogens (tertiary/aromatic N) is 2. The van der Waals surface area contributed by atoms with Gasteiger partial charge in [-0.25, -0.2) is 4.98 Å². The van der Waals surface area contributed by atoms with Crippen molar-refractivity contribution in [1.82, 2.24) is 15.6 Å². The number of aryl methyl sites for hydroxylation is 1. The van der Waals surface area contributed by atoms with Crippen molar-refractivity contribution < 1.29 is 4.42 Å². The predicted octanol–water partition coefficient (Wildman–Crippen LogP) is 3.83. The second-order valence-electron chi connectivity index (χ2n) is 5.52. The Morgan fingerprint density at radius 1 is 1.12 bits per heavy atom. The standard InChI is InChI=1S/C19H22N4OS/c1-3-14-7-4-5-8-15(14)11-21-19(20-2)22-12-16-13-24-18(23-16)17-9-6-10-25-17/h4-10,13H,3,11-12H2,1-2H3,(H2,20,21,22). The van der Waals surface area contributed by atoms with Crippen LogP contribution >= 0.6 is 11.3 Å². The van der Waals surface area contributed by atoms with E-state index in [4.69, 9.17) is 4.42 Å². The molecule has 2 heterocycles. The second kappa shape index (κ2) is 8.48. The highest BCUT2D eigenvalue weighted by Crippen LogP contribution is 2.23. The number of benzene rings is 1. The summed E-state index contributed by atoms with van der Waals surface area (Å²) in [4.78, 5) is 9.80. The zero-order valence-corrected chi connectivity index (χ0v) is 15.3. The minimum Gasteiger partial charge on any atom is -0.443 e. The minimum absolute atomic E-state index is 0.559. The molecule has 3 aromatic rings. The molecule has 0 bridgehead atoms. The number of nitrogens with one attached hydrogen (secondary N) is 2. The van der Waals surface area contributed by atoms with Crippen LogP contribution in [-0.4, -0.2) is 18.0 Å².